The second-order valence-electron chi connectivity index (χ2n) is 5.92. The van der Waals surface area contributed by atoms with Crippen LogP contribution in [0.15, 0.2) is 48.5 Å². The highest BCUT2D eigenvalue weighted by molar-refractivity contribution is 5.88. The summed E-state index contributed by atoms with van der Waals surface area (Å²) in [7, 11) is 1.90. The van der Waals surface area contributed by atoms with Gasteiger partial charge in [-0.3, -0.25) is 4.79 Å². The van der Waals surface area contributed by atoms with E-state index in [2.05, 4.69) is 0 Å². The van der Waals surface area contributed by atoms with Crippen molar-refractivity contribution in [1.82, 2.24) is 4.57 Å². The van der Waals surface area contributed by atoms with Crippen LogP contribution >= 0.6 is 0 Å². The Hall–Kier alpha value is -2.79. The van der Waals surface area contributed by atoms with E-state index in [4.69, 9.17) is 15.6 Å². The maximum atomic E-state index is 11.2. The summed E-state index contributed by atoms with van der Waals surface area (Å²) in [5.41, 5.74) is 8.70. The number of aromatic nitrogens is 1. The monoisotopic (exact) mass is 324 g/mol. The van der Waals surface area contributed by atoms with Crippen LogP contribution in [0.1, 0.15) is 11.1 Å². The van der Waals surface area contributed by atoms with Gasteiger partial charge >= 0.3 is 5.97 Å². The Morgan fingerprint density at radius 1 is 1.21 bits per heavy atom. The van der Waals surface area contributed by atoms with E-state index in [0.717, 1.165) is 22.0 Å². The van der Waals surface area contributed by atoms with Crippen LogP contribution in [0, 0.1) is 6.92 Å². The second kappa shape index (κ2) is 6.37. The summed E-state index contributed by atoms with van der Waals surface area (Å²) in [6, 6.07) is 14.6. The average molecular weight is 324 g/mol. The van der Waals surface area contributed by atoms with Crippen LogP contribution in [0.5, 0.6) is 11.6 Å². The van der Waals surface area contributed by atoms with E-state index in [1.165, 1.54) is 0 Å². The molecule has 0 saturated heterocycles. The second-order valence-corrected chi connectivity index (χ2v) is 5.92. The van der Waals surface area contributed by atoms with Crippen molar-refractivity contribution in [3.63, 3.8) is 0 Å². The quantitative estimate of drug-likeness (QED) is 0.755. The molecular weight excluding hydrogens is 304 g/mol. The van der Waals surface area contributed by atoms with Crippen molar-refractivity contribution in [3.05, 3.63) is 59.7 Å². The third kappa shape index (κ3) is 2.98. The molecule has 0 radical (unpaired) electrons. The number of benzene rings is 2. The van der Waals surface area contributed by atoms with Crippen LogP contribution in [-0.2, 0) is 18.3 Å². The highest BCUT2D eigenvalue weighted by Crippen LogP contribution is 2.35. The lowest BCUT2D eigenvalue weighted by Crippen LogP contribution is -2.32. The molecule has 24 heavy (non-hydrogen) atoms. The molecule has 0 aliphatic rings. The van der Waals surface area contributed by atoms with E-state index in [1.54, 1.807) is 0 Å². The van der Waals surface area contributed by atoms with Gasteiger partial charge in [0.1, 0.15) is 11.8 Å². The lowest BCUT2D eigenvalue weighted by Gasteiger charge is -2.12. The Bertz CT molecular complexity index is 882. The number of carboxylic acids is 1. The number of carbonyl (C=O) groups is 1. The van der Waals surface area contributed by atoms with Gasteiger partial charge in [0, 0.05) is 24.4 Å². The first kappa shape index (κ1) is 16.1. The SMILES string of the molecule is Cc1ccc(Oc2c(CC(N)C(=O)O)c3ccccc3n2C)cc1. The molecular formula is C19H20N2O3. The minimum absolute atomic E-state index is 0.206. The Kier molecular flexibility index (Phi) is 4.27. The van der Waals surface area contributed by atoms with Crippen molar-refractivity contribution < 1.29 is 14.6 Å². The molecule has 3 rings (SSSR count). The molecule has 0 amide bonds. The highest BCUT2D eigenvalue weighted by atomic mass is 16.5. The maximum absolute atomic E-state index is 11.2. The molecule has 1 heterocycles. The number of nitrogens with zero attached hydrogens (tertiary/aromatic N) is 1. The van der Waals surface area contributed by atoms with Crippen LogP contribution in [-0.4, -0.2) is 21.7 Å². The van der Waals surface area contributed by atoms with Crippen molar-refractivity contribution in [2.24, 2.45) is 12.8 Å². The minimum atomic E-state index is -1.02. The predicted molar refractivity (Wildman–Crippen MR) is 93.5 cm³/mol. The molecule has 0 fully saturated rings. The molecule has 5 heteroatoms. The van der Waals surface area contributed by atoms with Crippen molar-refractivity contribution in [2.75, 3.05) is 0 Å². The molecule has 5 nitrogen and oxygen atoms in total. The third-order valence-corrected chi connectivity index (χ3v) is 4.13. The zero-order chi connectivity index (χ0) is 17.3. The summed E-state index contributed by atoms with van der Waals surface area (Å²) in [6.45, 7) is 2.01. The number of rotatable bonds is 5. The van der Waals surface area contributed by atoms with Gasteiger partial charge in [-0.1, -0.05) is 35.9 Å². The van der Waals surface area contributed by atoms with Crippen LogP contribution in [0.2, 0.25) is 0 Å². The lowest BCUT2D eigenvalue weighted by atomic mass is 10.1. The number of hydrogen-bond acceptors (Lipinski definition) is 3. The van der Waals surface area contributed by atoms with E-state index in [0.29, 0.717) is 11.6 Å². The molecule has 3 aromatic rings. The number of nitrogens with two attached hydrogens (primary N) is 1. The Balaban J connectivity index is 2.09. The van der Waals surface area contributed by atoms with Crippen molar-refractivity contribution >= 4 is 16.9 Å². The molecule has 0 aliphatic heterocycles. The largest absolute Gasteiger partial charge is 0.480 e. The number of aryl methyl sites for hydroxylation is 2. The van der Waals surface area contributed by atoms with Crippen LogP contribution < -0.4 is 10.5 Å². The van der Waals surface area contributed by atoms with E-state index < -0.39 is 12.0 Å². The molecule has 124 valence electrons. The highest BCUT2D eigenvalue weighted by Gasteiger charge is 2.22. The topological polar surface area (TPSA) is 77.5 Å². The summed E-state index contributed by atoms with van der Waals surface area (Å²) in [5, 5.41) is 10.1. The van der Waals surface area contributed by atoms with Crippen molar-refractivity contribution in [2.45, 2.75) is 19.4 Å². The van der Waals surface area contributed by atoms with Crippen LogP contribution in [0.3, 0.4) is 0 Å². The standard InChI is InChI=1S/C19H20N2O3/c1-12-7-9-13(10-8-12)24-18-15(11-16(20)19(22)23)14-5-3-4-6-17(14)21(18)2/h3-10,16H,11,20H2,1-2H3,(H,22,23). The third-order valence-electron chi connectivity index (χ3n) is 4.13. The first-order chi connectivity index (χ1) is 11.5. The molecule has 1 unspecified atom stereocenters. The summed E-state index contributed by atoms with van der Waals surface area (Å²) in [5.74, 6) is 0.303. The van der Waals surface area contributed by atoms with Gasteiger partial charge < -0.3 is 20.1 Å². The van der Waals surface area contributed by atoms with Crippen LogP contribution in [0.25, 0.3) is 10.9 Å². The van der Waals surface area contributed by atoms with Gasteiger partial charge in [-0.05, 0) is 25.1 Å². The van der Waals surface area contributed by atoms with E-state index in [-0.39, 0.29) is 6.42 Å². The molecule has 0 aliphatic carbocycles. The summed E-state index contributed by atoms with van der Waals surface area (Å²) < 4.78 is 8.01. The predicted octanol–water partition coefficient (Wildman–Crippen LogP) is 3.23. The Morgan fingerprint density at radius 2 is 1.88 bits per heavy atom. The number of ether oxygens (including phenoxy) is 1. The Labute approximate surface area is 140 Å². The fourth-order valence-electron chi connectivity index (χ4n) is 2.80. The molecule has 0 bridgehead atoms. The minimum Gasteiger partial charge on any atom is -0.480 e. The summed E-state index contributed by atoms with van der Waals surface area (Å²) in [6.07, 6.45) is 0.206. The number of aliphatic carboxylic acids is 1. The maximum Gasteiger partial charge on any atom is 0.320 e. The van der Waals surface area contributed by atoms with Gasteiger partial charge in [-0.15, -0.1) is 0 Å². The first-order valence-corrected chi connectivity index (χ1v) is 7.76. The number of para-hydroxylation sites is 1. The first-order valence-electron chi connectivity index (χ1n) is 7.76. The van der Waals surface area contributed by atoms with Crippen molar-refractivity contribution in [1.29, 1.82) is 0 Å². The van der Waals surface area contributed by atoms with E-state index in [1.807, 2.05) is 67.1 Å². The summed E-state index contributed by atoms with van der Waals surface area (Å²) >= 11 is 0. The normalized spacial score (nSPS) is 12.3. The zero-order valence-corrected chi connectivity index (χ0v) is 13.7. The van der Waals surface area contributed by atoms with Gasteiger partial charge in [0.05, 0.1) is 5.52 Å². The Morgan fingerprint density at radius 3 is 2.54 bits per heavy atom. The molecule has 0 spiro atoms. The van der Waals surface area contributed by atoms with Gasteiger partial charge in [-0.25, -0.2) is 0 Å². The molecule has 0 saturated carbocycles. The zero-order valence-electron chi connectivity index (χ0n) is 13.7. The molecule has 3 N–H and O–H groups in total. The lowest BCUT2D eigenvalue weighted by molar-refractivity contribution is -0.138. The number of hydrogen-bond donors (Lipinski definition) is 2. The molecule has 2 aromatic carbocycles. The van der Waals surface area contributed by atoms with Gasteiger partial charge in [0.2, 0.25) is 5.88 Å². The number of fused-ring (bicyclic) bond motifs is 1. The fraction of sp³-hybridized carbons (Fsp3) is 0.211. The smallest absolute Gasteiger partial charge is 0.320 e. The van der Waals surface area contributed by atoms with E-state index >= 15 is 0 Å². The van der Waals surface area contributed by atoms with Gasteiger partial charge in [0.25, 0.3) is 0 Å². The van der Waals surface area contributed by atoms with Crippen LogP contribution in [0.4, 0.5) is 0 Å². The average Bonchev–Trinajstić information content (AvgIpc) is 2.83. The molecule has 1 aromatic heterocycles. The molecule has 1 atom stereocenters. The fourth-order valence-corrected chi connectivity index (χ4v) is 2.80. The van der Waals surface area contributed by atoms with Gasteiger partial charge in [-0.2, -0.15) is 0 Å². The van der Waals surface area contributed by atoms with Gasteiger partial charge in [0.15, 0.2) is 0 Å². The van der Waals surface area contributed by atoms with Crippen molar-refractivity contribution in [3.8, 4) is 11.6 Å². The summed E-state index contributed by atoms with van der Waals surface area (Å²) in [4.78, 5) is 11.2. The number of carboxylic acid groups (broad SMARTS) is 1. The van der Waals surface area contributed by atoms with E-state index in [9.17, 15) is 4.79 Å².